The first-order valence-corrected chi connectivity index (χ1v) is 19.1. The van der Waals surface area contributed by atoms with Gasteiger partial charge in [0.2, 0.25) is 10.8 Å². The lowest BCUT2D eigenvalue weighted by molar-refractivity contribution is -0.121. The van der Waals surface area contributed by atoms with E-state index >= 15 is 0 Å². The first kappa shape index (κ1) is 33.3. The predicted octanol–water partition coefficient (Wildman–Crippen LogP) is 7.46. The summed E-state index contributed by atoms with van der Waals surface area (Å²) in [6.45, 7) is 12.2. The van der Waals surface area contributed by atoms with Crippen LogP contribution in [0.25, 0.3) is 0 Å². The molecule has 0 aromatic heterocycles. The Balaban J connectivity index is 1.01. The first-order chi connectivity index (χ1) is 22.5. The van der Waals surface area contributed by atoms with Gasteiger partial charge in [-0.1, -0.05) is 38.0 Å². The summed E-state index contributed by atoms with van der Waals surface area (Å²) in [5.41, 5.74) is 13.4. The van der Waals surface area contributed by atoms with Crippen LogP contribution in [0.3, 0.4) is 0 Å². The molecule has 0 radical (unpaired) electrons. The highest BCUT2D eigenvalue weighted by Crippen LogP contribution is 2.65. The number of hydrogen-bond acceptors (Lipinski definition) is 6. The van der Waals surface area contributed by atoms with E-state index in [2.05, 4.69) is 70.5 Å². The summed E-state index contributed by atoms with van der Waals surface area (Å²) in [7, 11) is 0. The van der Waals surface area contributed by atoms with Crippen molar-refractivity contribution in [2.24, 2.45) is 40.1 Å². The Bertz CT molecular complexity index is 1570. The molecule has 2 saturated carbocycles. The van der Waals surface area contributed by atoms with E-state index in [-0.39, 0.29) is 23.0 Å². The Morgan fingerprint density at radius 1 is 1.23 bits per heavy atom. The van der Waals surface area contributed by atoms with Gasteiger partial charge in [-0.25, -0.2) is 0 Å². The molecule has 1 spiro atoms. The van der Waals surface area contributed by atoms with Crippen LogP contribution in [-0.4, -0.2) is 54.0 Å². The van der Waals surface area contributed by atoms with Crippen molar-refractivity contribution in [3.63, 3.8) is 0 Å². The quantitative estimate of drug-likeness (QED) is 0.131. The smallest absolute Gasteiger partial charge is 0.220 e. The number of piperidine rings is 1. The molecule has 1 aromatic carbocycles. The maximum absolute atomic E-state index is 12.9. The maximum Gasteiger partial charge on any atom is 0.220 e. The number of nitrogens with one attached hydrogen (secondary N) is 2. The molecule has 8 nitrogen and oxygen atoms in total. The standard InChI is InChI=1S/C38H50IN5O3/c1-22-17-34-36(44(21-22)16-15-41-35(46)10-6-25-5-9-33(42-43-40)32(39)18-25)24(3)38(47-34)14-12-28-29-8-7-26-19-27(45)11-13-37(26,4)31(29)20-30(28)23(38)2/h5,9,18-19,22,24,28-29,31,34,36,40H,6-8,10-17,20-21H2,1-4H3/p+1/t22-,24+,28-,29-,31-,34+,36-,37-,38-/m0/s1. The Kier molecular flexibility index (Phi) is 9.16. The Morgan fingerprint density at radius 2 is 2.06 bits per heavy atom. The van der Waals surface area contributed by atoms with Crippen LogP contribution in [0.15, 0.2) is 46.1 Å². The van der Waals surface area contributed by atoms with Gasteiger partial charge in [-0.3, -0.25) is 14.5 Å². The summed E-state index contributed by atoms with van der Waals surface area (Å²) in [5.74, 6) is 3.47. The van der Waals surface area contributed by atoms with Gasteiger partial charge < -0.3 is 10.1 Å². The number of carbonyl (C=O) groups excluding carboxylic acids is 2. The molecule has 1 amide bonds. The minimum absolute atomic E-state index is 0.0827. The molecule has 9 heteroatoms. The zero-order chi connectivity index (χ0) is 33.1. The van der Waals surface area contributed by atoms with Crippen molar-refractivity contribution in [3.05, 3.63) is 50.1 Å². The molecule has 4 fully saturated rings. The van der Waals surface area contributed by atoms with Crippen LogP contribution in [0.5, 0.6) is 0 Å². The minimum Gasteiger partial charge on any atom is -0.365 e. The van der Waals surface area contributed by atoms with E-state index < -0.39 is 0 Å². The Hall–Kier alpha value is -2.20. The first-order valence-electron chi connectivity index (χ1n) is 18.0. The predicted molar refractivity (Wildman–Crippen MR) is 190 cm³/mol. The molecule has 7 rings (SSSR count). The number of fused-ring (bicyclic) bond motifs is 6. The summed E-state index contributed by atoms with van der Waals surface area (Å²) in [6, 6.07) is 6.21. The highest BCUT2D eigenvalue weighted by molar-refractivity contribution is 14.1. The number of carbonyl (C=O) groups is 2. The van der Waals surface area contributed by atoms with Crippen LogP contribution in [-0.2, 0) is 20.7 Å². The molecule has 9 atom stereocenters. The van der Waals surface area contributed by atoms with Gasteiger partial charge in [-0.15, -0.1) is 0 Å². The summed E-state index contributed by atoms with van der Waals surface area (Å²) >= 11 is 2.20. The second-order valence-electron chi connectivity index (χ2n) is 15.9. The van der Waals surface area contributed by atoms with Crippen LogP contribution >= 0.6 is 22.6 Å². The van der Waals surface area contributed by atoms with Gasteiger partial charge in [0.1, 0.15) is 5.53 Å². The third-order valence-electron chi connectivity index (χ3n) is 13.5. The summed E-state index contributed by atoms with van der Waals surface area (Å²) in [6.07, 6.45) is 12.1. The Morgan fingerprint density at radius 3 is 2.85 bits per heavy atom. The average molecular weight is 753 g/mol. The van der Waals surface area contributed by atoms with Crippen LogP contribution in [0.1, 0.15) is 91.0 Å². The number of nitrogens with zero attached hydrogens (tertiary/aromatic N) is 3. The largest absolute Gasteiger partial charge is 0.365 e. The van der Waals surface area contributed by atoms with Crippen molar-refractivity contribution in [1.82, 2.24) is 15.1 Å². The number of likely N-dealkylation sites (tertiary alicyclic amines) is 1. The topological polar surface area (TPSA) is 109 Å². The normalized spacial score (nSPS) is 37.9. The van der Waals surface area contributed by atoms with E-state index in [0.717, 1.165) is 53.8 Å². The van der Waals surface area contributed by atoms with Gasteiger partial charge in [0.05, 0.1) is 11.7 Å². The second-order valence-corrected chi connectivity index (χ2v) is 17.0. The van der Waals surface area contributed by atoms with Gasteiger partial charge in [0, 0.05) is 48.0 Å². The lowest BCUT2D eigenvalue weighted by Crippen LogP contribution is -2.54. The molecule has 4 aliphatic carbocycles. The molecule has 2 N–H and O–H groups in total. The number of amides is 1. The van der Waals surface area contributed by atoms with Gasteiger partial charge >= 0.3 is 0 Å². The monoisotopic (exact) mass is 752 g/mol. The number of allylic oxidation sites excluding steroid dienone is 3. The molecule has 6 aliphatic rings. The highest BCUT2D eigenvalue weighted by atomic mass is 127. The van der Waals surface area contributed by atoms with E-state index in [4.69, 9.17) is 10.3 Å². The van der Waals surface area contributed by atoms with Crippen molar-refractivity contribution >= 4 is 40.0 Å². The van der Waals surface area contributed by atoms with Crippen LogP contribution < -0.4 is 10.2 Å². The van der Waals surface area contributed by atoms with Gasteiger partial charge in [0.25, 0.3) is 0 Å². The molecule has 252 valence electrons. The molecule has 1 aromatic rings. The van der Waals surface area contributed by atoms with E-state index in [1.54, 1.807) is 5.57 Å². The van der Waals surface area contributed by atoms with E-state index in [1.807, 2.05) is 24.3 Å². The van der Waals surface area contributed by atoms with E-state index in [0.29, 0.717) is 67.0 Å². The second kappa shape index (κ2) is 12.9. The summed E-state index contributed by atoms with van der Waals surface area (Å²) in [5, 5.41) is 7.02. The molecule has 0 unspecified atom stereocenters. The van der Waals surface area contributed by atoms with Crippen LogP contribution in [0.2, 0.25) is 0 Å². The number of aryl methyl sites for hydroxylation is 1. The Labute approximate surface area is 293 Å². The zero-order valence-electron chi connectivity index (χ0n) is 28.5. The minimum atomic E-state index is -0.183. The number of rotatable bonds is 7. The summed E-state index contributed by atoms with van der Waals surface area (Å²) < 4.78 is 8.24. The zero-order valence-corrected chi connectivity index (χ0v) is 30.6. The highest BCUT2D eigenvalue weighted by Gasteiger charge is 2.61. The van der Waals surface area contributed by atoms with E-state index in [1.165, 1.54) is 30.4 Å². The third kappa shape index (κ3) is 5.81. The van der Waals surface area contributed by atoms with Crippen molar-refractivity contribution in [1.29, 1.82) is 5.53 Å². The van der Waals surface area contributed by atoms with Crippen LogP contribution in [0, 0.1) is 44.1 Å². The van der Waals surface area contributed by atoms with Crippen molar-refractivity contribution in [2.45, 2.75) is 110 Å². The average Bonchev–Trinajstić information content (AvgIpc) is 3.56. The fraction of sp³-hybridized carbons (Fsp3) is 0.684. The fourth-order valence-electron chi connectivity index (χ4n) is 11.2. The molecule has 2 heterocycles. The number of hydrogen-bond donors (Lipinski definition) is 2. The molecule has 2 saturated heterocycles. The van der Waals surface area contributed by atoms with Gasteiger partial charge in [-0.2, -0.15) is 0 Å². The lowest BCUT2D eigenvalue weighted by Gasteiger charge is -2.48. The molecular weight excluding hydrogens is 701 g/mol. The number of ether oxygens (including phenoxy) is 1. The number of benzene rings is 1. The lowest BCUT2D eigenvalue weighted by atomic mass is 9.56. The van der Waals surface area contributed by atoms with Gasteiger partial charge in [0.15, 0.2) is 16.6 Å². The van der Waals surface area contributed by atoms with E-state index in [9.17, 15) is 9.59 Å². The molecular formula is C38H51IN5O3+. The van der Waals surface area contributed by atoms with Crippen molar-refractivity contribution in [2.75, 3.05) is 19.6 Å². The van der Waals surface area contributed by atoms with Gasteiger partial charge in [-0.05, 0) is 139 Å². The number of halogens is 1. The number of ketones is 1. The third-order valence-corrected chi connectivity index (χ3v) is 14.4. The fourth-order valence-corrected chi connectivity index (χ4v) is 11.9. The maximum atomic E-state index is 12.9. The molecule has 2 aliphatic heterocycles. The van der Waals surface area contributed by atoms with Crippen molar-refractivity contribution in [3.8, 4) is 0 Å². The molecule has 0 bridgehead atoms. The van der Waals surface area contributed by atoms with Crippen molar-refractivity contribution < 1.29 is 14.3 Å². The summed E-state index contributed by atoms with van der Waals surface area (Å²) in [4.78, 5) is 30.9. The molecule has 47 heavy (non-hydrogen) atoms. The SMILES string of the molecule is CC1=C2C[C@H]3[C@@H](CCC4=CC(=O)CC[C@@]43C)[C@@H]2CC[C@]12O[C@@H]1C[C@H](C)CN(CCNC(=O)CCc3ccc(N=[N+]=N)c(I)c3)[C@H]1[C@H]2C. The van der Waals surface area contributed by atoms with Crippen LogP contribution in [0.4, 0.5) is 5.69 Å².